The van der Waals surface area contributed by atoms with Crippen LogP contribution in [0.25, 0.3) is 0 Å². The monoisotopic (exact) mass is 269 g/mol. The van der Waals surface area contributed by atoms with Gasteiger partial charge in [0.1, 0.15) is 0 Å². The first-order valence-corrected chi connectivity index (χ1v) is 7.43. The maximum atomic E-state index is 12.0. The van der Waals surface area contributed by atoms with Gasteiger partial charge in [-0.25, -0.2) is 0 Å². The van der Waals surface area contributed by atoms with Crippen LogP contribution in [0.2, 0.25) is 0 Å². The average Bonchev–Trinajstić information content (AvgIpc) is 2.41. The third-order valence-electron chi connectivity index (χ3n) is 4.12. The predicted octanol–water partition coefficient (Wildman–Crippen LogP) is 0.356. The molecule has 2 N–H and O–H groups in total. The van der Waals surface area contributed by atoms with Crippen LogP contribution in [0.15, 0.2) is 0 Å². The number of carbonyl (C=O) groups excluding carboxylic acids is 1. The van der Waals surface area contributed by atoms with Gasteiger partial charge in [0.15, 0.2) is 0 Å². The highest BCUT2D eigenvalue weighted by Crippen LogP contribution is 2.17. The Morgan fingerprint density at radius 1 is 1.47 bits per heavy atom. The van der Waals surface area contributed by atoms with Crippen molar-refractivity contribution in [3.8, 4) is 0 Å². The van der Waals surface area contributed by atoms with E-state index in [0.29, 0.717) is 0 Å². The molecule has 2 saturated heterocycles. The Kier molecular flexibility index (Phi) is 5.19. The summed E-state index contributed by atoms with van der Waals surface area (Å²) >= 11 is 0. The fourth-order valence-corrected chi connectivity index (χ4v) is 2.82. The smallest absolute Gasteiger partial charge is 0.237 e. The minimum absolute atomic E-state index is 0.0199. The molecule has 0 bridgehead atoms. The molecule has 0 aliphatic carbocycles. The van der Waals surface area contributed by atoms with E-state index in [0.717, 1.165) is 52.2 Å². The molecule has 0 aromatic rings. The molecule has 2 aliphatic heterocycles. The summed E-state index contributed by atoms with van der Waals surface area (Å²) in [4.78, 5) is 14.4. The number of amides is 1. The molecule has 1 atom stereocenters. The standard InChI is InChI=1S/C14H27N3O2/c1-14(2)11-19-10-9-17(14)8-7-16-13(18)12-5-3-4-6-15-12/h12,15H,3-11H2,1-2H3,(H,16,18)/t12-/m1/s1. The first kappa shape index (κ1) is 14.8. The second kappa shape index (κ2) is 6.68. The van der Waals surface area contributed by atoms with Crippen molar-refractivity contribution in [2.45, 2.75) is 44.7 Å². The second-order valence-electron chi connectivity index (χ2n) is 6.15. The molecule has 0 aromatic heterocycles. The van der Waals surface area contributed by atoms with Gasteiger partial charge in [-0.1, -0.05) is 6.42 Å². The van der Waals surface area contributed by atoms with Gasteiger partial charge in [-0.05, 0) is 33.2 Å². The number of morpholine rings is 1. The third-order valence-corrected chi connectivity index (χ3v) is 4.12. The van der Waals surface area contributed by atoms with Crippen molar-refractivity contribution in [3.63, 3.8) is 0 Å². The van der Waals surface area contributed by atoms with E-state index in [-0.39, 0.29) is 17.5 Å². The fraction of sp³-hybridized carbons (Fsp3) is 0.929. The lowest BCUT2D eigenvalue weighted by molar-refractivity contribution is -0.124. The molecule has 2 rings (SSSR count). The number of hydrogen-bond donors (Lipinski definition) is 2. The van der Waals surface area contributed by atoms with Crippen LogP contribution in [0, 0.1) is 0 Å². The first-order chi connectivity index (χ1) is 9.09. The Morgan fingerprint density at radius 2 is 2.32 bits per heavy atom. The number of carbonyl (C=O) groups is 1. The van der Waals surface area contributed by atoms with Gasteiger partial charge in [-0.2, -0.15) is 0 Å². The van der Waals surface area contributed by atoms with E-state index in [1.807, 2.05) is 0 Å². The van der Waals surface area contributed by atoms with E-state index in [4.69, 9.17) is 4.74 Å². The van der Waals surface area contributed by atoms with Crippen LogP contribution in [-0.4, -0.2) is 61.8 Å². The van der Waals surface area contributed by atoms with Crippen LogP contribution in [0.5, 0.6) is 0 Å². The van der Waals surface area contributed by atoms with Gasteiger partial charge in [0, 0.05) is 25.2 Å². The van der Waals surface area contributed by atoms with E-state index in [2.05, 4.69) is 29.4 Å². The maximum Gasteiger partial charge on any atom is 0.237 e. The number of nitrogens with one attached hydrogen (secondary N) is 2. The number of piperidine rings is 1. The molecule has 19 heavy (non-hydrogen) atoms. The summed E-state index contributed by atoms with van der Waals surface area (Å²) in [7, 11) is 0. The zero-order valence-corrected chi connectivity index (χ0v) is 12.2. The summed E-state index contributed by atoms with van der Waals surface area (Å²) in [6, 6.07) is 0.0199. The molecule has 0 aromatic carbocycles. The summed E-state index contributed by atoms with van der Waals surface area (Å²) in [5.74, 6) is 0.158. The van der Waals surface area contributed by atoms with Crippen LogP contribution >= 0.6 is 0 Å². The molecule has 2 heterocycles. The topological polar surface area (TPSA) is 53.6 Å². The summed E-state index contributed by atoms with van der Waals surface area (Å²) in [6.45, 7) is 9.48. The predicted molar refractivity (Wildman–Crippen MR) is 75.1 cm³/mol. The van der Waals surface area contributed by atoms with Crippen LogP contribution in [0.3, 0.4) is 0 Å². The summed E-state index contributed by atoms with van der Waals surface area (Å²) in [5, 5.41) is 6.33. The zero-order chi connectivity index (χ0) is 13.7. The largest absolute Gasteiger partial charge is 0.378 e. The van der Waals surface area contributed by atoms with Gasteiger partial charge in [0.2, 0.25) is 5.91 Å². The van der Waals surface area contributed by atoms with E-state index >= 15 is 0 Å². The SMILES string of the molecule is CC1(C)COCCN1CCNC(=O)[C@H]1CCCCN1. The highest BCUT2D eigenvalue weighted by Gasteiger charge is 2.30. The van der Waals surface area contributed by atoms with Crippen LogP contribution in [0.1, 0.15) is 33.1 Å². The lowest BCUT2D eigenvalue weighted by Crippen LogP contribution is -2.55. The van der Waals surface area contributed by atoms with Crippen molar-refractivity contribution >= 4 is 5.91 Å². The number of nitrogens with zero attached hydrogens (tertiary/aromatic N) is 1. The van der Waals surface area contributed by atoms with Gasteiger partial charge in [-0.3, -0.25) is 9.69 Å². The Bertz CT molecular complexity index is 301. The van der Waals surface area contributed by atoms with Crippen molar-refractivity contribution in [2.24, 2.45) is 0 Å². The normalized spacial score (nSPS) is 28.0. The first-order valence-electron chi connectivity index (χ1n) is 7.43. The van der Waals surface area contributed by atoms with Crippen LogP contribution in [0.4, 0.5) is 0 Å². The quantitative estimate of drug-likeness (QED) is 0.773. The van der Waals surface area contributed by atoms with E-state index in [9.17, 15) is 4.79 Å². The minimum atomic E-state index is 0.0199. The Morgan fingerprint density at radius 3 is 3.00 bits per heavy atom. The van der Waals surface area contributed by atoms with Crippen molar-refractivity contribution in [1.82, 2.24) is 15.5 Å². The molecule has 0 spiro atoms. The van der Waals surface area contributed by atoms with Crippen molar-refractivity contribution < 1.29 is 9.53 Å². The van der Waals surface area contributed by atoms with Gasteiger partial charge < -0.3 is 15.4 Å². The van der Waals surface area contributed by atoms with Gasteiger partial charge in [0.05, 0.1) is 19.3 Å². The Hall–Kier alpha value is -0.650. The molecule has 0 unspecified atom stereocenters. The zero-order valence-electron chi connectivity index (χ0n) is 12.2. The Labute approximate surface area is 116 Å². The Balaban J connectivity index is 1.69. The average molecular weight is 269 g/mol. The molecular weight excluding hydrogens is 242 g/mol. The summed E-state index contributed by atoms with van der Waals surface area (Å²) in [6.07, 6.45) is 3.31. The molecule has 5 heteroatoms. The lowest BCUT2D eigenvalue weighted by Gasteiger charge is -2.42. The molecule has 5 nitrogen and oxygen atoms in total. The van der Waals surface area contributed by atoms with Crippen molar-refractivity contribution in [2.75, 3.05) is 39.4 Å². The number of hydrogen-bond acceptors (Lipinski definition) is 4. The molecule has 2 fully saturated rings. The van der Waals surface area contributed by atoms with E-state index in [1.165, 1.54) is 6.42 Å². The fourth-order valence-electron chi connectivity index (χ4n) is 2.82. The number of rotatable bonds is 4. The molecule has 0 radical (unpaired) electrons. The second-order valence-corrected chi connectivity index (χ2v) is 6.15. The lowest BCUT2D eigenvalue weighted by atomic mass is 10.0. The van der Waals surface area contributed by atoms with Gasteiger partial charge in [0.25, 0.3) is 0 Å². The molecule has 2 aliphatic rings. The van der Waals surface area contributed by atoms with E-state index in [1.54, 1.807) is 0 Å². The molecular formula is C14H27N3O2. The summed E-state index contributed by atoms with van der Waals surface area (Å²) < 4.78 is 5.50. The maximum absolute atomic E-state index is 12.0. The molecule has 0 saturated carbocycles. The molecule has 110 valence electrons. The minimum Gasteiger partial charge on any atom is -0.378 e. The number of ether oxygens (including phenoxy) is 1. The highest BCUT2D eigenvalue weighted by molar-refractivity contribution is 5.81. The molecule has 1 amide bonds. The van der Waals surface area contributed by atoms with Gasteiger partial charge in [-0.15, -0.1) is 0 Å². The van der Waals surface area contributed by atoms with Crippen molar-refractivity contribution in [1.29, 1.82) is 0 Å². The van der Waals surface area contributed by atoms with Crippen LogP contribution in [-0.2, 0) is 9.53 Å². The highest BCUT2D eigenvalue weighted by atomic mass is 16.5. The summed E-state index contributed by atoms with van der Waals surface area (Å²) in [5.41, 5.74) is 0.0755. The van der Waals surface area contributed by atoms with Crippen LogP contribution < -0.4 is 10.6 Å². The van der Waals surface area contributed by atoms with Crippen molar-refractivity contribution in [3.05, 3.63) is 0 Å². The van der Waals surface area contributed by atoms with Gasteiger partial charge >= 0.3 is 0 Å². The van der Waals surface area contributed by atoms with E-state index < -0.39 is 0 Å². The third kappa shape index (κ3) is 4.16.